The van der Waals surface area contributed by atoms with E-state index in [0.717, 1.165) is 24.9 Å². The third-order valence-corrected chi connectivity index (χ3v) is 3.46. The van der Waals surface area contributed by atoms with Gasteiger partial charge in [-0.2, -0.15) is 5.10 Å². The van der Waals surface area contributed by atoms with Crippen LogP contribution in [0.25, 0.3) is 5.69 Å². The van der Waals surface area contributed by atoms with Crippen molar-refractivity contribution >= 4 is 18.3 Å². The van der Waals surface area contributed by atoms with E-state index in [4.69, 9.17) is 5.73 Å². The first-order valence-electron chi connectivity index (χ1n) is 7.50. The summed E-state index contributed by atoms with van der Waals surface area (Å²) in [5, 5.41) is 16.9. The molecule has 6 nitrogen and oxygen atoms in total. The van der Waals surface area contributed by atoms with E-state index in [9.17, 15) is 9.90 Å². The second kappa shape index (κ2) is 9.17. The Labute approximate surface area is 142 Å². The molecule has 7 heteroatoms. The van der Waals surface area contributed by atoms with E-state index >= 15 is 0 Å². The fraction of sp³-hybridized carbons (Fsp3) is 0.375. The average Bonchev–Trinajstić information content (AvgIpc) is 2.94. The molecule has 23 heavy (non-hydrogen) atoms. The summed E-state index contributed by atoms with van der Waals surface area (Å²) in [4.78, 5) is 12.2. The number of hydrogen-bond donors (Lipinski definition) is 3. The van der Waals surface area contributed by atoms with Gasteiger partial charge in [0.25, 0.3) is 5.91 Å². The number of nitrogens with two attached hydrogens (primary N) is 1. The smallest absolute Gasteiger partial charge is 0.275 e. The van der Waals surface area contributed by atoms with Gasteiger partial charge in [0.15, 0.2) is 11.4 Å². The molecule has 0 bridgehead atoms. The van der Waals surface area contributed by atoms with Crippen molar-refractivity contribution in [1.82, 2.24) is 15.1 Å². The first kappa shape index (κ1) is 19.0. The van der Waals surface area contributed by atoms with Crippen molar-refractivity contribution < 1.29 is 9.90 Å². The highest BCUT2D eigenvalue weighted by atomic mass is 35.5. The zero-order valence-electron chi connectivity index (χ0n) is 13.1. The lowest BCUT2D eigenvalue weighted by Gasteiger charge is -2.15. The Balaban J connectivity index is 0.00000264. The predicted molar refractivity (Wildman–Crippen MR) is 92.3 cm³/mol. The number of nitrogens with zero attached hydrogens (tertiary/aromatic N) is 2. The molecule has 0 aliphatic heterocycles. The molecule has 1 aromatic carbocycles. The van der Waals surface area contributed by atoms with Gasteiger partial charge in [0.1, 0.15) is 0 Å². The van der Waals surface area contributed by atoms with Crippen LogP contribution in [-0.4, -0.2) is 33.4 Å². The minimum absolute atomic E-state index is 0. The second-order valence-electron chi connectivity index (χ2n) is 5.19. The van der Waals surface area contributed by atoms with Crippen molar-refractivity contribution in [3.63, 3.8) is 0 Å². The zero-order chi connectivity index (χ0) is 15.9. The molecule has 1 heterocycles. The summed E-state index contributed by atoms with van der Waals surface area (Å²) in [6.07, 6.45) is 4.28. The van der Waals surface area contributed by atoms with Gasteiger partial charge in [0, 0.05) is 12.6 Å². The quantitative estimate of drug-likeness (QED) is 0.721. The molecule has 2 aromatic rings. The molecular formula is C16H23ClN4O2. The van der Waals surface area contributed by atoms with Crippen molar-refractivity contribution in [1.29, 1.82) is 0 Å². The van der Waals surface area contributed by atoms with Crippen LogP contribution in [0.1, 0.15) is 36.7 Å². The van der Waals surface area contributed by atoms with Crippen LogP contribution in [0.5, 0.6) is 5.75 Å². The molecule has 2 rings (SSSR count). The van der Waals surface area contributed by atoms with Crippen LogP contribution < -0.4 is 11.1 Å². The fourth-order valence-corrected chi connectivity index (χ4v) is 2.19. The van der Waals surface area contributed by atoms with Gasteiger partial charge < -0.3 is 16.2 Å². The van der Waals surface area contributed by atoms with Crippen molar-refractivity contribution in [2.45, 2.75) is 32.2 Å². The summed E-state index contributed by atoms with van der Waals surface area (Å²) in [5.74, 6) is -0.550. The highest BCUT2D eigenvalue weighted by molar-refractivity contribution is 5.95. The van der Waals surface area contributed by atoms with Crippen LogP contribution in [0.2, 0.25) is 0 Å². The van der Waals surface area contributed by atoms with Gasteiger partial charge in [-0.25, -0.2) is 4.68 Å². The number of rotatable bonds is 7. The van der Waals surface area contributed by atoms with Crippen molar-refractivity contribution in [2.75, 3.05) is 6.54 Å². The molecule has 0 radical (unpaired) electrons. The van der Waals surface area contributed by atoms with Gasteiger partial charge in [-0.05, 0) is 18.6 Å². The number of benzene rings is 1. The minimum Gasteiger partial charge on any atom is -0.504 e. The maximum absolute atomic E-state index is 12.2. The van der Waals surface area contributed by atoms with Gasteiger partial charge in [-0.3, -0.25) is 4.79 Å². The molecule has 1 atom stereocenters. The Morgan fingerprint density at radius 2 is 2.09 bits per heavy atom. The summed E-state index contributed by atoms with van der Waals surface area (Å²) >= 11 is 0. The Morgan fingerprint density at radius 1 is 1.39 bits per heavy atom. The Bertz CT molecular complexity index is 616. The first-order valence-corrected chi connectivity index (χ1v) is 7.50. The lowest BCUT2D eigenvalue weighted by atomic mass is 10.1. The summed E-state index contributed by atoms with van der Waals surface area (Å²) in [6.45, 7) is 2.45. The molecular weight excluding hydrogens is 316 g/mol. The average molecular weight is 339 g/mol. The number of para-hydroxylation sites is 1. The van der Waals surface area contributed by atoms with Crippen molar-refractivity contribution in [3.05, 3.63) is 42.2 Å². The van der Waals surface area contributed by atoms with E-state index in [2.05, 4.69) is 17.3 Å². The monoisotopic (exact) mass is 338 g/mol. The first-order chi connectivity index (χ1) is 10.7. The standard InChI is InChI=1S/C16H22N4O2.ClH/c1-2-3-7-12(10-17)18-16(22)15-14(21)11-20(19-15)13-8-5-4-6-9-13;/h4-6,8-9,11-12,21H,2-3,7,10,17H2,1H3,(H,18,22);1H. The molecule has 0 aliphatic rings. The molecule has 1 unspecified atom stereocenters. The zero-order valence-corrected chi connectivity index (χ0v) is 13.9. The molecule has 0 spiro atoms. The van der Waals surface area contributed by atoms with Gasteiger partial charge >= 0.3 is 0 Å². The van der Waals surface area contributed by atoms with Crippen molar-refractivity contribution in [2.24, 2.45) is 5.73 Å². The Kier molecular flexibility index (Phi) is 7.57. The number of amides is 1. The number of nitrogens with one attached hydrogen (secondary N) is 1. The summed E-state index contributed by atoms with van der Waals surface area (Å²) < 4.78 is 1.48. The van der Waals surface area contributed by atoms with Gasteiger partial charge in [-0.15, -0.1) is 12.4 Å². The van der Waals surface area contributed by atoms with Gasteiger partial charge in [0.05, 0.1) is 11.9 Å². The topological polar surface area (TPSA) is 93.2 Å². The lowest BCUT2D eigenvalue weighted by Crippen LogP contribution is -2.40. The van der Waals surface area contributed by atoms with Crippen molar-refractivity contribution in [3.8, 4) is 11.4 Å². The number of unbranched alkanes of at least 4 members (excludes halogenated alkanes) is 1. The van der Waals surface area contributed by atoms with Gasteiger partial charge in [-0.1, -0.05) is 38.0 Å². The minimum atomic E-state index is -0.404. The molecule has 0 aliphatic carbocycles. The number of carbonyl (C=O) groups excluding carboxylic acids is 1. The molecule has 0 saturated heterocycles. The molecule has 0 fully saturated rings. The van der Waals surface area contributed by atoms with Crippen LogP contribution in [-0.2, 0) is 0 Å². The Morgan fingerprint density at radius 3 is 2.70 bits per heavy atom. The van der Waals surface area contributed by atoms with E-state index in [1.54, 1.807) is 0 Å². The van der Waals surface area contributed by atoms with Crippen LogP contribution in [0.3, 0.4) is 0 Å². The molecule has 0 saturated carbocycles. The van der Waals surface area contributed by atoms with E-state index in [1.807, 2.05) is 30.3 Å². The van der Waals surface area contributed by atoms with Gasteiger partial charge in [0.2, 0.25) is 0 Å². The van der Waals surface area contributed by atoms with E-state index in [0.29, 0.717) is 6.54 Å². The molecule has 1 aromatic heterocycles. The number of carbonyl (C=O) groups is 1. The van der Waals surface area contributed by atoms with Crippen LogP contribution in [0.4, 0.5) is 0 Å². The van der Waals surface area contributed by atoms with Crippen LogP contribution in [0, 0.1) is 0 Å². The Hall–Kier alpha value is -2.05. The van der Waals surface area contributed by atoms with E-state index < -0.39 is 5.91 Å². The summed E-state index contributed by atoms with van der Waals surface area (Å²) in [5.41, 5.74) is 6.46. The third-order valence-electron chi connectivity index (χ3n) is 3.46. The highest BCUT2D eigenvalue weighted by Crippen LogP contribution is 2.18. The molecule has 126 valence electrons. The predicted octanol–water partition coefficient (Wildman–Crippen LogP) is 2.25. The normalized spacial score (nSPS) is 11.6. The maximum atomic E-state index is 12.2. The second-order valence-corrected chi connectivity index (χ2v) is 5.19. The highest BCUT2D eigenvalue weighted by Gasteiger charge is 2.19. The number of aromatic nitrogens is 2. The summed E-state index contributed by atoms with van der Waals surface area (Å²) in [6, 6.07) is 9.20. The third kappa shape index (κ3) is 4.97. The number of aromatic hydroxyl groups is 1. The SMILES string of the molecule is CCCCC(CN)NC(=O)c1nn(-c2ccccc2)cc1O.Cl. The lowest BCUT2D eigenvalue weighted by molar-refractivity contribution is 0.0927. The molecule has 4 N–H and O–H groups in total. The largest absolute Gasteiger partial charge is 0.504 e. The van der Waals surface area contributed by atoms with E-state index in [1.165, 1.54) is 10.9 Å². The number of hydrogen-bond acceptors (Lipinski definition) is 4. The van der Waals surface area contributed by atoms with E-state index in [-0.39, 0.29) is 29.9 Å². The van der Waals surface area contributed by atoms with Crippen LogP contribution >= 0.6 is 12.4 Å². The van der Waals surface area contributed by atoms with Crippen LogP contribution in [0.15, 0.2) is 36.5 Å². The summed E-state index contributed by atoms with van der Waals surface area (Å²) in [7, 11) is 0. The fourth-order valence-electron chi connectivity index (χ4n) is 2.19. The molecule has 1 amide bonds. The number of halogens is 1. The maximum Gasteiger partial charge on any atom is 0.275 e.